The van der Waals surface area contributed by atoms with Crippen molar-refractivity contribution in [1.82, 2.24) is 9.55 Å². The van der Waals surface area contributed by atoms with Crippen molar-refractivity contribution in [2.75, 3.05) is 11.1 Å². The molecule has 3 N–H and O–H groups in total. The van der Waals surface area contributed by atoms with Crippen LogP contribution in [-0.4, -0.2) is 15.5 Å². The number of rotatable bonds is 4. The van der Waals surface area contributed by atoms with E-state index in [2.05, 4.69) is 10.3 Å². The number of carbonyl (C=O) groups is 1. The van der Waals surface area contributed by atoms with Crippen LogP contribution in [0.25, 0.3) is 0 Å². The van der Waals surface area contributed by atoms with Crippen molar-refractivity contribution >= 4 is 28.1 Å². The highest BCUT2D eigenvalue weighted by atomic mass is 32.1. The molecule has 0 saturated heterocycles. The van der Waals surface area contributed by atoms with Gasteiger partial charge in [-0.3, -0.25) is 10.1 Å². The Morgan fingerprint density at radius 2 is 2.30 bits per heavy atom. The first-order valence-electron chi connectivity index (χ1n) is 6.78. The van der Waals surface area contributed by atoms with Gasteiger partial charge in [0.05, 0.1) is 11.4 Å². The number of nitrogens with two attached hydrogens (primary N) is 1. The summed E-state index contributed by atoms with van der Waals surface area (Å²) in [6.07, 6.45) is 4.21. The van der Waals surface area contributed by atoms with E-state index in [-0.39, 0.29) is 11.9 Å². The quantitative estimate of drug-likeness (QED) is 0.908. The van der Waals surface area contributed by atoms with Gasteiger partial charge in [-0.1, -0.05) is 0 Å². The maximum Gasteiger partial charge on any atom is 0.274 e. The lowest BCUT2D eigenvalue weighted by molar-refractivity contribution is 0.101. The van der Waals surface area contributed by atoms with Gasteiger partial charge < -0.3 is 10.3 Å². The Hall–Kier alpha value is -1.82. The number of nitrogens with zero attached hydrogens (tertiary/aromatic N) is 2. The Morgan fingerprint density at radius 1 is 1.55 bits per heavy atom. The molecule has 2 heterocycles. The van der Waals surface area contributed by atoms with Crippen LogP contribution in [0.1, 0.15) is 54.8 Å². The van der Waals surface area contributed by atoms with E-state index >= 15 is 0 Å². The van der Waals surface area contributed by atoms with Gasteiger partial charge in [0.25, 0.3) is 5.91 Å². The predicted octanol–water partition coefficient (Wildman–Crippen LogP) is 3.24. The molecule has 1 aliphatic rings. The molecule has 0 spiro atoms. The third kappa shape index (κ3) is 2.56. The molecule has 106 valence electrons. The van der Waals surface area contributed by atoms with Crippen molar-refractivity contribution in [3.05, 3.63) is 29.0 Å². The molecule has 2 aromatic rings. The topological polar surface area (TPSA) is 72.9 Å². The molecular formula is C14H18N4OS. The van der Waals surface area contributed by atoms with Gasteiger partial charge in [0.15, 0.2) is 5.13 Å². The molecule has 0 aromatic carbocycles. The van der Waals surface area contributed by atoms with Crippen LogP contribution in [-0.2, 0) is 0 Å². The lowest BCUT2D eigenvalue weighted by Gasteiger charge is -2.11. The smallest absolute Gasteiger partial charge is 0.274 e. The maximum atomic E-state index is 12.3. The van der Waals surface area contributed by atoms with Gasteiger partial charge in [-0.15, -0.1) is 11.3 Å². The molecule has 1 amide bonds. The number of anilines is 2. The van der Waals surface area contributed by atoms with Gasteiger partial charge in [0.2, 0.25) is 0 Å². The lowest BCUT2D eigenvalue weighted by Crippen LogP contribution is -2.17. The number of nitrogens with one attached hydrogen (secondary N) is 1. The first-order chi connectivity index (χ1) is 9.54. The van der Waals surface area contributed by atoms with Gasteiger partial charge in [0, 0.05) is 23.5 Å². The van der Waals surface area contributed by atoms with Crippen LogP contribution in [0, 0.1) is 0 Å². The molecule has 3 rings (SSSR count). The van der Waals surface area contributed by atoms with Crippen molar-refractivity contribution < 1.29 is 4.79 Å². The van der Waals surface area contributed by atoms with Crippen molar-refractivity contribution in [3.8, 4) is 0 Å². The van der Waals surface area contributed by atoms with E-state index in [4.69, 9.17) is 5.73 Å². The largest absolute Gasteiger partial charge is 0.397 e. The predicted molar refractivity (Wildman–Crippen MR) is 81.3 cm³/mol. The lowest BCUT2D eigenvalue weighted by atomic mass is 10.3. The van der Waals surface area contributed by atoms with Crippen LogP contribution >= 0.6 is 11.3 Å². The zero-order valence-corrected chi connectivity index (χ0v) is 12.4. The van der Waals surface area contributed by atoms with Gasteiger partial charge in [-0.2, -0.15) is 0 Å². The zero-order valence-electron chi connectivity index (χ0n) is 11.6. The molecule has 20 heavy (non-hydrogen) atoms. The van der Waals surface area contributed by atoms with Crippen LogP contribution in [0.4, 0.5) is 10.8 Å². The van der Waals surface area contributed by atoms with Crippen LogP contribution in [0.15, 0.2) is 17.6 Å². The number of hydrogen-bond acceptors (Lipinski definition) is 4. The summed E-state index contributed by atoms with van der Waals surface area (Å²) in [4.78, 5) is 16.8. The Bertz CT molecular complexity index is 639. The first-order valence-corrected chi connectivity index (χ1v) is 7.66. The summed E-state index contributed by atoms with van der Waals surface area (Å²) in [7, 11) is 0. The van der Waals surface area contributed by atoms with Gasteiger partial charge in [-0.05, 0) is 32.8 Å². The highest BCUT2D eigenvalue weighted by Crippen LogP contribution is 2.40. The van der Waals surface area contributed by atoms with E-state index in [9.17, 15) is 4.79 Å². The Labute approximate surface area is 121 Å². The molecular weight excluding hydrogens is 272 g/mol. The molecule has 6 heteroatoms. The Balaban J connectivity index is 1.78. The van der Waals surface area contributed by atoms with E-state index in [0.717, 1.165) is 5.69 Å². The number of nitrogen functional groups attached to an aromatic ring is 1. The normalized spacial score (nSPS) is 14.8. The summed E-state index contributed by atoms with van der Waals surface area (Å²) in [6, 6.07) is 1.89. The summed E-state index contributed by atoms with van der Waals surface area (Å²) in [5.74, 6) is 0.444. The first kappa shape index (κ1) is 13.2. The van der Waals surface area contributed by atoms with E-state index in [0.29, 0.717) is 22.4 Å². The van der Waals surface area contributed by atoms with Crippen molar-refractivity contribution in [2.24, 2.45) is 0 Å². The SMILES string of the molecule is CC(C)n1cc(N)cc1C(=O)Nc1nc(C2CC2)cs1. The molecule has 1 fully saturated rings. The van der Waals surface area contributed by atoms with E-state index in [1.165, 1.54) is 24.2 Å². The number of amides is 1. The fourth-order valence-electron chi connectivity index (χ4n) is 2.18. The molecule has 0 bridgehead atoms. The molecule has 1 saturated carbocycles. The molecule has 0 aliphatic heterocycles. The van der Waals surface area contributed by atoms with E-state index < -0.39 is 0 Å². The van der Waals surface area contributed by atoms with Crippen LogP contribution < -0.4 is 11.1 Å². The molecule has 1 aliphatic carbocycles. The standard InChI is InChI=1S/C14H18N4OS/c1-8(2)18-6-10(15)5-12(18)13(19)17-14-16-11(7-20-14)9-3-4-9/h5-9H,3-4,15H2,1-2H3,(H,16,17,19). The fourth-order valence-corrected chi connectivity index (χ4v) is 2.97. The average Bonchev–Trinajstić information content (AvgIpc) is 3.01. The maximum absolute atomic E-state index is 12.3. The summed E-state index contributed by atoms with van der Waals surface area (Å²) in [5, 5.41) is 5.55. The van der Waals surface area contributed by atoms with E-state index in [1.807, 2.05) is 23.8 Å². The van der Waals surface area contributed by atoms with E-state index in [1.54, 1.807) is 12.3 Å². The number of carbonyl (C=O) groups excluding carboxylic acids is 1. The van der Waals surface area contributed by atoms with Crippen LogP contribution in [0.2, 0.25) is 0 Å². The fraction of sp³-hybridized carbons (Fsp3) is 0.429. The molecule has 2 aromatic heterocycles. The summed E-state index contributed by atoms with van der Waals surface area (Å²) in [6.45, 7) is 4.04. The average molecular weight is 290 g/mol. The highest BCUT2D eigenvalue weighted by Gasteiger charge is 2.26. The van der Waals surface area contributed by atoms with Gasteiger partial charge in [-0.25, -0.2) is 4.98 Å². The van der Waals surface area contributed by atoms with Crippen LogP contribution in [0.5, 0.6) is 0 Å². The molecule has 0 radical (unpaired) electrons. The second-order valence-electron chi connectivity index (χ2n) is 5.47. The zero-order chi connectivity index (χ0) is 14.3. The third-order valence-electron chi connectivity index (χ3n) is 3.40. The minimum absolute atomic E-state index is 0.160. The van der Waals surface area contributed by atoms with Crippen molar-refractivity contribution in [3.63, 3.8) is 0 Å². The molecule has 0 unspecified atom stereocenters. The highest BCUT2D eigenvalue weighted by molar-refractivity contribution is 7.14. The number of thiazole rings is 1. The summed E-state index contributed by atoms with van der Waals surface area (Å²) in [5.41, 5.74) is 8.06. The third-order valence-corrected chi connectivity index (χ3v) is 4.17. The van der Waals surface area contributed by atoms with Gasteiger partial charge >= 0.3 is 0 Å². The van der Waals surface area contributed by atoms with Crippen molar-refractivity contribution in [2.45, 2.75) is 38.6 Å². The summed E-state index contributed by atoms with van der Waals surface area (Å²) < 4.78 is 1.88. The van der Waals surface area contributed by atoms with Gasteiger partial charge in [0.1, 0.15) is 5.69 Å². The van der Waals surface area contributed by atoms with Crippen LogP contribution in [0.3, 0.4) is 0 Å². The Morgan fingerprint density at radius 3 is 2.95 bits per heavy atom. The second-order valence-corrected chi connectivity index (χ2v) is 6.32. The van der Waals surface area contributed by atoms with Crippen molar-refractivity contribution in [1.29, 1.82) is 0 Å². The minimum atomic E-state index is -0.160. The minimum Gasteiger partial charge on any atom is -0.397 e. The monoisotopic (exact) mass is 290 g/mol. The Kier molecular flexibility index (Phi) is 3.25. The second kappa shape index (κ2) is 4.94. The number of hydrogen-bond donors (Lipinski definition) is 2. The summed E-state index contributed by atoms with van der Waals surface area (Å²) >= 11 is 1.48. The number of aromatic nitrogens is 2. The molecule has 5 nitrogen and oxygen atoms in total. The molecule has 0 atom stereocenters.